The molecule has 0 unspecified atom stereocenters. The number of amides is 2. The van der Waals surface area contributed by atoms with Crippen LogP contribution in [0.5, 0.6) is 0 Å². The lowest BCUT2D eigenvalue weighted by Gasteiger charge is -2.34. The molecule has 0 radical (unpaired) electrons. The van der Waals surface area contributed by atoms with E-state index in [9.17, 15) is 9.59 Å². The van der Waals surface area contributed by atoms with E-state index in [4.69, 9.17) is 23.2 Å². The number of benzene rings is 1. The zero-order valence-electron chi connectivity index (χ0n) is 12.7. The largest absolute Gasteiger partial charge is 0.335 e. The Morgan fingerprint density at radius 1 is 0.917 bits per heavy atom. The van der Waals surface area contributed by atoms with Crippen molar-refractivity contribution in [3.63, 3.8) is 0 Å². The maximum Gasteiger partial charge on any atom is 0.274 e. The SMILES string of the molecule is O=C(c1ccc(Cl)c(Cl)c1)N1CCN(C(=O)c2cnccn2)CC1. The molecule has 2 heterocycles. The summed E-state index contributed by atoms with van der Waals surface area (Å²) in [5, 5.41) is 0.756. The molecule has 0 spiro atoms. The van der Waals surface area contributed by atoms with Crippen LogP contribution >= 0.6 is 23.2 Å². The molecule has 1 aliphatic heterocycles. The molecule has 0 atom stereocenters. The molecule has 0 bridgehead atoms. The lowest BCUT2D eigenvalue weighted by molar-refractivity contribution is 0.0532. The minimum absolute atomic E-state index is 0.125. The fourth-order valence-corrected chi connectivity index (χ4v) is 2.79. The molecule has 1 fully saturated rings. The Morgan fingerprint density at radius 2 is 1.58 bits per heavy atom. The van der Waals surface area contributed by atoms with E-state index in [0.717, 1.165) is 0 Å². The van der Waals surface area contributed by atoms with Crippen molar-refractivity contribution < 1.29 is 9.59 Å². The van der Waals surface area contributed by atoms with Gasteiger partial charge in [-0.05, 0) is 18.2 Å². The Morgan fingerprint density at radius 3 is 2.17 bits per heavy atom. The van der Waals surface area contributed by atoms with Crippen molar-refractivity contribution in [1.29, 1.82) is 0 Å². The van der Waals surface area contributed by atoms with E-state index < -0.39 is 0 Å². The number of hydrogen-bond acceptors (Lipinski definition) is 4. The molecule has 1 saturated heterocycles. The van der Waals surface area contributed by atoms with E-state index in [1.165, 1.54) is 18.6 Å². The molecule has 0 saturated carbocycles. The second-order valence-electron chi connectivity index (χ2n) is 5.30. The summed E-state index contributed by atoms with van der Waals surface area (Å²) in [5.41, 5.74) is 0.792. The van der Waals surface area contributed by atoms with Gasteiger partial charge in [-0.15, -0.1) is 0 Å². The quantitative estimate of drug-likeness (QED) is 0.820. The number of piperazine rings is 1. The standard InChI is InChI=1S/C16H14Cl2N4O2/c17-12-2-1-11(9-13(12)18)15(23)21-5-7-22(8-6-21)16(24)14-10-19-3-4-20-14/h1-4,9-10H,5-8H2. The van der Waals surface area contributed by atoms with Crippen LogP contribution in [0.2, 0.25) is 10.0 Å². The van der Waals surface area contributed by atoms with Gasteiger partial charge in [-0.1, -0.05) is 23.2 Å². The molecule has 8 heteroatoms. The number of hydrogen-bond donors (Lipinski definition) is 0. The van der Waals surface area contributed by atoms with Crippen LogP contribution in [0.15, 0.2) is 36.8 Å². The van der Waals surface area contributed by atoms with Gasteiger partial charge in [0.2, 0.25) is 0 Å². The van der Waals surface area contributed by atoms with Gasteiger partial charge in [0, 0.05) is 44.1 Å². The Bertz CT molecular complexity index is 762. The van der Waals surface area contributed by atoms with Gasteiger partial charge >= 0.3 is 0 Å². The number of rotatable bonds is 2. The summed E-state index contributed by atoms with van der Waals surface area (Å²) in [5.74, 6) is -0.301. The van der Waals surface area contributed by atoms with Crippen LogP contribution < -0.4 is 0 Å². The van der Waals surface area contributed by atoms with Crippen molar-refractivity contribution in [3.05, 3.63) is 58.1 Å². The van der Waals surface area contributed by atoms with Crippen LogP contribution in [0.1, 0.15) is 20.8 Å². The number of halogens is 2. The third-order valence-electron chi connectivity index (χ3n) is 3.80. The Labute approximate surface area is 149 Å². The maximum atomic E-state index is 12.5. The van der Waals surface area contributed by atoms with Gasteiger partial charge in [-0.2, -0.15) is 0 Å². The molecule has 24 heavy (non-hydrogen) atoms. The highest BCUT2D eigenvalue weighted by Crippen LogP contribution is 2.23. The Hall–Kier alpha value is -2.18. The highest BCUT2D eigenvalue weighted by atomic mass is 35.5. The fraction of sp³-hybridized carbons (Fsp3) is 0.250. The zero-order chi connectivity index (χ0) is 17.1. The van der Waals surface area contributed by atoms with Crippen molar-refractivity contribution in [1.82, 2.24) is 19.8 Å². The third kappa shape index (κ3) is 3.49. The monoisotopic (exact) mass is 364 g/mol. The molecule has 6 nitrogen and oxygen atoms in total. The second kappa shape index (κ2) is 7.15. The van der Waals surface area contributed by atoms with Gasteiger partial charge in [0.15, 0.2) is 0 Å². The second-order valence-corrected chi connectivity index (χ2v) is 6.12. The van der Waals surface area contributed by atoms with Crippen LogP contribution in [0.4, 0.5) is 0 Å². The molecule has 3 rings (SSSR count). The molecule has 0 N–H and O–H groups in total. The van der Waals surface area contributed by atoms with Crippen LogP contribution in [0.3, 0.4) is 0 Å². The predicted octanol–water partition coefficient (Wildman–Crippen LogP) is 2.38. The van der Waals surface area contributed by atoms with E-state index in [1.54, 1.807) is 28.0 Å². The van der Waals surface area contributed by atoms with Gasteiger partial charge in [0.1, 0.15) is 5.69 Å². The number of aromatic nitrogens is 2. The van der Waals surface area contributed by atoms with Crippen LogP contribution in [-0.2, 0) is 0 Å². The van der Waals surface area contributed by atoms with E-state index in [0.29, 0.717) is 47.5 Å². The first-order valence-electron chi connectivity index (χ1n) is 7.36. The number of carbonyl (C=O) groups is 2. The lowest BCUT2D eigenvalue weighted by Crippen LogP contribution is -2.50. The van der Waals surface area contributed by atoms with Crippen molar-refractivity contribution in [2.45, 2.75) is 0 Å². The Kier molecular flexibility index (Phi) is 4.97. The minimum atomic E-state index is -0.176. The zero-order valence-corrected chi connectivity index (χ0v) is 14.2. The molecule has 1 aromatic carbocycles. The Balaban J connectivity index is 1.63. The summed E-state index contributed by atoms with van der Waals surface area (Å²) in [6, 6.07) is 4.81. The predicted molar refractivity (Wildman–Crippen MR) is 90.3 cm³/mol. The van der Waals surface area contributed by atoms with Crippen LogP contribution in [0.25, 0.3) is 0 Å². The topological polar surface area (TPSA) is 66.4 Å². The normalized spacial score (nSPS) is 14.6. The van der Waals surface area contributed by atoms with E-state index in [2.05, 4.69) is 9.97 Å². The van der Waals surface area contributed by atoms with Gasteiger partial charge < -0.3 is 9.80 Å². The maximum absolute atomic E-state index is 12.5. The molecule has 2 aromatic rings. The smallest absolute Gasteiger partial charge is 0.274 e. The average Bonchev–Trinajstić information content (AvgIpc) is 2.63. The van der Waals surface area contributed by atoms with Crippen LogP contribution in [-0.4, -0.2) is 57.8 Å². The average molecular weight is 365 g/mol. The van der Waals surface area contributed by atoms with Gasteiger partial charge in [0.05, 0.1) is 16.2 Å². The van der Waals surface area contributed by atoms with E-state index >= 15 is 0 Å². The highest BCUT2D eigenvalue weighted by molar-refractivity contribution is 6.42. The first kappa shape index (κ1) is 16.7. The summed E-state index contributed by atoms with van der Waals surface area (Å²) < 4.78 is 0. The fourth-order valence-electron chi connectivity index (χ4n) is 2.50. The lowest BCUT2D eigenvalue weighted by atomic mass is 10.1. The van der Waals surface area contributed by atoms with Crippen molar-refractivity contribution in [3.8, 4) is 0 Å². The molecule has 1 aromatic heterocycles. The van der Waals surface area contributed by atoms with Gasteiger partial charge in [-0.3, -0.25) is 14.6 Å². The molecule has 0 aliphatic carbocycles. The molecule has 2 amide bonds. The van der Waals surface area contributed by atoms with E-state index in [-0.39, 0.29) is 11.8 Å². The third-order valence-corrected chi connectivity index (χ3v) is 4.54. The van der Waals surface area contributed by atoms with Crippen LogP contribution in [0, 0.1) is 0 Å². The van der Waals surface area contributed by atoms with E-state index in [1.807, 2.05) is 0 Å². The highest BCUT2D eigenvalue weighted by Gasteiger charge is 2.26. The van der Waals surface area contributed by atoms with Gasteiger partial charge in [-0.25, -0.2) is 4.98 Å². The summed E-state index contributed by atoms with van der Waals surface area (Å²) in [6.07, 6.45) is 4.44. The molecular weight excluding hydrogens is 351 g/mol. The first-order chi connectivity index (χ1) is 11.6. The summed E-state index contributed by atoms with van der Waals surface area (Å²) in [4.78, 5) is 36.1. The number of nitrogens with zero attached hydrogens (tertiary/aromatic N) is 4. The summed E-state index contributed by atoms with van der Waals surface area (Å²) in [6.45, 7) is 1.79. The van der Waals surface area contributed by atoms with Crippen molar-refractivity contribution in [2.75, 3.05) is 26.2 Å². The van der Waals surface area contributed by atoms with Gasteiger partial charge in [0.25, 0.3) is 11.8 Å². The number of carbonyl (C=O) groups excluding carboxylic acids is 2. The minimum Gasteiger partial charge on any atom is -0.335 e. The first-order valence-corrected chi connectivity index (χ1v) is 8.11. The molecular formula is C16H14Cl2N4O2. The molecule has 1 aliphatic rings. The van der Waals surface area contributed by atoms with Crippen molar-refractivity contribution in [2.24, 2.45) is 0 Å². The molecule has 124 valence electrons. The van der Waals surface area contributed by atoms with Crippen molar-refractivity contribution >= 4 is 35.0 Å². The summed E-state index contributed by atoms with van der Waals surface area (Å²) in [7, 11) is 0. The summed E-state index contributed by atoms with van der Waals surface area (Å²) >= 11 is 11.8.